The summed E-state index contributed by atoms with van der Waals surface area (Å²) in [6.07, 6.45) is 3.99. The fourth-order valence-corrected chi connectivity index (χ4v) is 4.26. The number of Topliss-reactive ketones (excluding diaryl/α,β-unsaturated/α-hetero) is 1. The van der Waals surface area contributed by atoms with Crippen LogP contribution < -0.4 is 10.1 Å². The Kier molecular flexibility index (Phi) is 13.6. The third-order valence-corrected chi connectivity index (χ3v) is 6.63. The number of fused-ring (bicyclic) bond motifs is 1. The predicted molar refractivity (Wildman–Crippen MR) is 156 cm³/mol. The van der Waals surface area contributed by atoms with E-state index in [1.807, 2.05) is 32.0 Å². The third kappa shape index (κ3) is 11.2. The summed E-state index contributed by atoms with van der Waals surface area (Å²) in [5, 5.41) is 11.2. The number of ether oxygens (including phenoxy) is 2. The lowest BCUT2D eigenvalue weighted by Crippen LogP contribution is -2.30. The van der Waals surface area contributed by atoms with E-state index in [2.05, 4.69) is 25.0 Å². The Hall–Kier alpha value is -4.62. The van der Waals surface area contributed by atoms with Crippen molar-refractivity contribution in [2.24, 2.45) is 0 Å². The molecule has 0 radical (unpaired) electrons. The van der Waals surface area contributed by atoms with Gasteiger partial charge >= 0.3 is 18.1 Å². The number of imidazole rings is 1. The van der Waals surface area contributed by atoms with Crippen molar-refractivity contribution in [2.45, 2.75) is 71.0 Å². The van der Waals surface area contributed by atoms with Crippen LogP contribution >= 0.6 is 0 Å². The summed E-state index contributed by atoms with van der Waals surface area (Å²) in [7, 11) is 2.93. The van der Waals surface area contributed by atoms with E-state index in [1.165, 1.54) is 13.2 Å². The lowest BCUT2D eigenvalue weighted by Gasteiger charge is -2.17. The first-order valence-corrected chi connectivity index (χ1v) is 13.9. The minimum Gasteiger partial charge on any atom is -0.497 e. The van der Waals surface area contributed by atoms with Crippen LogP contribution in [0.5, 0.6) is 5.75 Å². The van der Waals surface area contributed by atoms with Gasteiger partial charge in [-0.2, -0.15) is 13.2 Å². The molecule has 11 nitrogen and oxygen atoms in total. The second kappa shape index (κ2) is 16.9. The van der Waals surface area contributed by atoms with Crippen LogP contribution in [0.25, 0.3) is 17.0 Å². The monoisotopic (exact) mass is 622 g/mol. The van der Waals surface area contributed by atoms with E-state index in [9.17, 15) is 27.6 Å². The first-order valence-electron chi connectivity index (χ1n) is 13.9. The van der Waals surface area contributed by atoms with Gasteiger partial charge in [-0.3, -0.25) is 9.59 Å². The molecule has 0 spiro atoms. The zero-order chi connectivity index (χ0) is 32.9. The van der Waals surface area contributed by atoms with Crippen molar-refractivity contribution < 1.29 is 46.9 Å². The van der Waals surface area contributed by atoms with Gasteiger partial charge in [0, 0.05) is 35.5 Å². The van der Waals surface area contributed by atoms with Crippen LogP contribution in [0.4, 0.5) is 13.2 Å². The molecule has 0 aliphatic carbocycles. The van der Waals surface area contributed by atoms with Crippen LogP contribution in [-0.4, -0.2) is 64.1 Å². The number of benzene rings is 1. The van der Waals surface area contributed by atoms with Crippen LogP contribution in [0.1, 0.15) is 74.3 Å². The molecule has 4 N–H and O–H groups in total. The molecular formula is C30H37F3N4O7. The number of nitrogens with zero attached hydrogens (tertiary/aromatic N) is 1. The summed E-state index contributed by atoms with van der Waals surface area (Å²) in [5.74, 6) is -1.74. The van der Waals surface area contributed by atoms with Crippen LogP contribution in [0.2, 0.25) is 0 Å². The molecule has 3 rings (SSSR count). The summed E-state index contributed by atoms with van der Waals surface area (Å²) in [6.45, 7) is 3.83. The van der Waals surface area contributed by atoms with E-state index >= 15 is 0 Å². The van der Waals surface area contributed by atoms with Gasteiger partial charge in [-0.05, 0) is 49.6 Å². The number of aromatic amines is 2. The van der Waals surface area contributed by atoms with E-state index in [-0.39, 0.29) is 24.2 Å². The second-order valence-corrected chi connectivity index (χ2v) is 9.81. The fraction of sp³-hybridized carbons (Fsp3) is 0.433. The first kappa shape index (κ1) is 35.6. The highest BCUT2D eigenvalue weighted by Gasteiger charge is 2.38. The number of hydrogen-bond donors (Lipinski definition) is 4. The average molecular weight is 623 g/mol. The number of hydrogen-bond acceptors (Lipinski definition) is 7. The van der Waals surface area contributed by atoms with Gasteiger partial charge in [-0.15, -0.1) is 0 Å². The van der Waals surface area contributed by atoms with Crippen LogP contribution in [0, 0.1) is 6.92 Å². The number of carbonyl (C=O) groups excluding carboxylic acids is 3. The van der Waals surface area contributed by atoms with Crippen LogP contribution in [0.3, 0.4) is 0 Å². The highest BCUT2D eigenvalue weighted by Crippen LogP contribution is 2.27. The van der Waals surface area contributed by atoms with Gasteiger partial charge in [0.1, 0.15) is 17.4 Å². The molecule has 44 heavy (non-hydrogen) atoms. The smallest absolute Gasteiger partial charge is 0.490 e. The molecule has 0 fully saturated rings. The Morgan fingerprint density at radius 1 is 1.11 bits per heavy atom. The van der Waals surface area contributed by atoms with Gasteiger partial charge in [0.15, 0.2) is 0 Å². The number of amides is 1. The lowest BCUT2D eigenvalue weighted by molar-refractivity contribution is -0.192. The number of esters is 1. The molecule has 14 heteroatoms. The van der Waals surface area contributed by atoms with E-state index < -0.39 is 18.1 Å². The number of nitrogens with one attached hydrogen (secondary N) is 3. The molecule has 0 aliphatic heterocycles. The number of aromatic nitrogens is 3. The number of unbranched alkanes of at least 4 members (excludes halogenated alkanes) is 2. The maximum absolute atomic E-state index is 13.2. The maximum atomic E-state index is 13.2. The molecule has 1 amide bonds. The molecule has 0 aliphatic rings. The van der Waals surface area contributed by atoms with Crippen LogP contribution in [-0.2, 0) is 30.3 Å². The standard InChI is InChI=1S/C28H36N4O5.C2HF3O2/c1-5-20(33)9-7-6-8-10-25(28-29-17-19(31-28)11-14-27(35)37-4)32-26(34)16-22-18(2)30-24-13-12-21(36-3)15-23(22)24;3-2(4,5)1(6)7/h11-15,17,25,30H,5-10,16H2,1-4H3,(H,29,31)(H,32,34);(H,6,7)/b14-11+;/t25-;/m0./s1. The van der Waals surface area contributed by atoms with Crippen molar-refractivity contribution in [2.75, 3.05) is 14.2 Å². The Morgan fingerprint density at radius 3 is 2.43 bits per heavy atom. The normalized spacial score (nSPS) is 12.0. The molecule has 1 atom stereocenters. The second-order valence-electron chi connectivity index (χ2n) is 9.81. The average Bonchev–Trinajstić information content (AvgIpc) is 3.58. The molecule has 0 bridgehead atoms. The first-order chi connectivity index (χ1) is 20.8. The van der Waals surface area contributed by atoms with E-state index in [1.54, 1.807) is 19.4 Å². The molecule has 3 aromatic rings. The molecule has 0 saturated carbocycles. The van der Waals surface area contributed by atoms with Gasteiger partial charge < -0.3 is 29.9 Å². The van der Waals surface area contributed by atoms with Crippen LogP contribution in [0.15, 0.2) is 30.5 Å². The lowest BCUT2D eigenvalue weighted by atomic mass is 10.0. The van der Waals surface area contributed by atoms with Gasteiger partial charge in [0.2, 0.25) is 5.91 Å². The van der Waals surface area contributed by atoms with Gasteiger partial charge in [-0.25, -0.2) is 14.6 Å². The highest BCUT2D eigenvalue weighted by atomic mass is 19.4. The number of aliphatic carboxylic acids is 1. The predicted octanol–water partition coefficient (Wildman–Crippen LogP) is 5.36. The molecule has 0 saturated heterocycles. The number of halogens is 3. The van der Waals surface area contributed by atoms with E-state index in [0.717, 1.165) is 47.2 Å². The maximum Gasteiger partial charge on any atom is 0.490 e. The summed E-state index contributed by atoms with van der Waals surface area (Å²) in [4.78, 5) is 56.1. The Labute approximate surface area is 252 Å². The number of carboxylic acid groups (broad SMARTS) is 1. The topological polar surface area (TPSA) is 163 Å². The van der Waals surface area contributed by atoms with Crippen molar-refractivity contribution >= 4 is 40.6 Å². The Bertz CT molecular complexity index is 1460. The SMILES string of the molecule is CCC(=O)CCCCC[C@H](NC(=O)Cc1c(C)[nH]c2ccc(OC)cc12)c1ncc(/C=C/C(=O)OC)[nH]1.O=C(O)C(F)(F)F. The molecule has 1 aromatic carbocycles. The van der Waals surface area contributed by atoms with Crippen molar-refractivity contribution in [1.29, 1.82) is 0 Å². The highest BCUT2D eigenvalue weighted by molar-refractivity contribution is 5.91. The van der Waals surface area contributed by atoms with Gasteiger partial charge in [0.25, 0.3) is 0 Å². The minimum absolute atomic E-state index is 0.124. The molecular weight excluding hydrogens is 585 g/mol. The van der Waals surface area contributed by atoms with E-state index in [4.69, 9.17) is 14.6 Å². The van der Waals surface area contributed by atoms with Crippen molar-refractivity contribution in [3.05, 3.63) is 53.2 Å². The summed E-state index contributed by atoms with van der Waals surface area (Å²) in [6, 6.07) is 5.42. The number of ketones is 1. The fourth-order valence-electron chi connectivity index (χ4n) is 4.26. The van der Waals surface area contributed by atoms with Crippen molar-refractivity contribution in [3.8, 4) is 5.75 Å². The zero-order valence-electron chi connectivity index (χ0n) is 25.0. The number of aryl methyl sites for hydroxylation is 1. The quantitative estimate of drug-likeness (QED) is 0.106. The molecule has 2 aromatic heterocycles. The van der Waals surface area contributed by atoms with Gasteiger partial charge in [-0.1, -0.05) is 19.8 Å². The summed E-state index contributed by atoms with van der Waals surface area (Å²) >= 11 is 0. The molecule has 0 unspecified atom stereocenters. The number of methoxy groups -OCH3 is 2. The Morgan fingerprint density at radius 2 is 1.82 bits per heavy atom. The third-order valence-electron chi connectivity index (χ3n) is 6.63. The summed E-state index contributed by atoms with van der Waals surface area (Å²) in [5.41, 5.74) is 3.44. The largest absolute Gasteiger partial charge is 0.497 e. The molecule has 2 heterocycles. The number of alkyl halides is 3. The van der Waals surface area contributed by atoms with E-state index in [0.29, 0.717) is 30.8 Å². The number of rotatable bonds is 14. The summed E-state index contributed by atoms with van der Waals surface area (Å²) < 4.78 is 41.7. The number of carbonyl (C=O) groups is 4. The van der Waals surface area contributed by atoms with Crippen molar-refractivity contribution in [3.63, 3.8) is 0 Å². The minimum atomic E-state index is -5.08. The van der Waals surface area contributed by atoms with Gasteiger partial charge in [0.05, 0.1) is 38.6 Å². The molecule has 240 valence electrons. The number of carboxylic acids is 1. The number of H-pyrrole nitrogens is 2. The Balaban J connectivity index is 0.000000860. The van der Waals surface area contributed by atoms with Crippen molar-refractivity contribution in [1.82, 2.24) is 20.3 Å². The zero-order valence-corrected chi connectivity index (χ0v) is 25.0.